The van der Waals surface area contributed by atoms with Crippen LogP contribution in [0.5, 0.6) is 0 Å². The molecule has 28 nitrogen and oxygen atoms in total. The number of carboxylic acid groups (broad SMARTS) is 1. The van der Waals surface area contributed by atoms with E-state index in [0.717, 1.165) is 36.8 Å². The molecule has 570 valence electrons. The van der Waals surface area contributed by atoms with Gasteiger partial charge in [-0.05, 0) is 131 Å². The van der Waals surface area contributed by atoms with Crippen molar-refractivity contribution in [1.29, 1.82) is 10.5 Å². The molecule has 2 aromatic carbocycles. The van der Waals surface area contributed by atoms with Crippen LogP contribution < -0.4 is 36.0 Å². The first kappa shape index (κ1) is 83.9. The number of nitrogens with zero attached hydrogens (tertiary/aromatic N) is 10. The van der Waals surface area contributed by atoms with E-state index in [4.69, 9.17) is 53.4 Å². The number of carbonyl (C=O) groups excluding carboxylic acids is 3. The van der Waals surface area contributed by atoms with E-state index in [9.17, 15) is 70.3 Å². The normalized spacial score (nSPS) is 18.8. The molecule has 2 amide bonds. The number of aliphatic carboxylic acids is 1. The van der Waals surface area contributed by atoms with Gasteiger partial charge in [0.25, 0.3) is 0 Å². The van der Waals surface area contributed by atoms with E-state index in [0.29, 0.717) is 121 Å². The number of ketones is 1. The topological polar surface area (TPSA) is 453 Å². The number of hydrogen-bond donors (Lipinski definition) is 14. The van der Waals surface area contributed by atoms with Gasteiger partial charge in [-0.15, -0.1) is 0 Å². The Morgan fingerprint density at radius 2 is 0.922 bits per heavy atom. The van der Waals surface area contributed by atoms with Crippen molar-refractivity contribution in [3.63, 3.8) is 0 Å². The fourth-order valence-corrected chi connectivity index (χ4v) is 11.9. The molecule has 103 heavy (non-hydrogen) atoms. The largest absolute Gasteiger partial charge is 0.481 e. The lowest BCUT2D eigenvalue weighted by Gasteiger charge is -2.41. The Balaban J connectivity index is 0.000000318. The fraction of sp³-hybridized carbons (Fsp3) is 0.618. The van der Waals surface area contributed by atoms with Crippen LogP contribution in [0.1, 0.15) is 125 Å². The summed E-state index contributed by atoms with van der Waals surface area (Å²) in [5.41, 5.74) is 7.97. The maximum absolute atomic E-state index is 13.9. The Morgan fingerprint density at radius 1 is 0.563 bits per heavy atom. The Kier molecular flexibility index (Phi) is 34.2. The number of carboxylic acids is 1. The maximum Gasteiger partial charge on any atom is 0.451 e. The minimum atomic E-state index is -4.78. The van der Waals surface area contributed by atoms with Gasteiger partial charge in [-0.1, -0.05) is 24.3 Å². The van der Waals surface area contributed by atoms with Crippen LogP contribution in [0.4, 0.5) is 54.0 Å². The van der Waals surface area contributed by atoms with E-state index in [1.165, 1.54) is 12.1 Å². The van der Waals surface area contributed by atoms with Gasteiger partial charge >= 0.3 is 18.3 Å². The quantitative estimate of drug-likeness (QED) is 0.0312. The van der Waals surface area contributed by atoms with Gasteiger partial charge in [0, 0.05) is 90.3 Å². The minimum absolute atomic E-state index is 0.0334. The standard InChI is InChI=1S/C34H45F3N6O7.C27H31F3N6O3.C6H15NO5.CH3F/c35-34(36,37)33-40-28(18-29(41-33)43-17-13-25(43)32(50)39-14-10-22-4-6-23(19-38)7-5-22)42-15-11-21(12-16-42)2-1-3-24(45)8-9-26(46)30(48)31(49)27(47)20-44;28-27(29,30)26-33-22(35-13-9-18(10-14-35)2-1-3-24(37)38)16-23(34-26)36-15-11-21(36)25(39)32-12-8-19-4-6-20(17-31)7-5-19;7-1-3(9)5(11)6(12)4(10)2-8;1-2/h4-7,18,21,25-27,30-31,44,46-49H,1-3,8-17,20H2,(H,39,50);4-7,16,18,21H,1-3,8-15H2,(H,32,39)(H,37,38);3-6,8-12H,1-2,7H2;1H3/t25-,26+,27-,30-,31-;21-;3-,4+,5+,6+;/m001./s1/i;;;1D. The molecule has 0 saturated carbocycles. The van der Waals surface area contributed by atoms with E-state index in [2.05, 4.69) is 36.6 Å². The lowest BCUT2D eigenvalue weighted by atomic mass is 9.90. The summed E-state index contributed by atoms with van der Waals surface area (Å²) in [6.07, 6.45) is -14.2. The Labute approximate surface area is 592 Å². The average molecular weight is 1470 g/mol. The summed E-state index contributed by atoms with van der Waals surface area (Å²) >= 11 is 0. The number of amides is 2. The SMILES string of the molecule is N#Cc1ccc(CCNC(=O)[C@@H]2CCN2c2cc(N3CCC(CCCC(=O)CC[C@@H](O)[C@H](O)[C@@H](O)[C@@H](O)CO)CC3)nc(C(F)(F)F)n2)cc1.N#Cc1ccc(CCNC(=O)[C@@H]2CCN2c2cc(N3CCC(CCCC(=O)O)CC3)nc(C(F)(F)F)n2)cc1.NC[C@@H](O)[C@H](O)[C@@H](O)[C@@H](O)CO.[2H]CF. The number of anilines is 4. The zero-order valence-corrected chi connectivity index (χ0v) is 56.7. The van der Waals surface area contributed by atoms with E-state index in [1.807, 2.05) is 18.2 Å². The summed E-state index contributed by atoms with van der Waals surface area (Å²) in [5.74, 6) is -3.02. The predicted molar refractivity (Wildman–Crippen MR) is 359 cm³/mol. The van der Waals surface area contributed by atoms with Crippen LogP contribution in [0, 0.1) is 34.5 Å². The van der Waals surface area contributed by atoms with Crippen molar-refractivity contribution in [2.45, 2.75) is 176 Å². The monoisotopic (exact) mass is 1470 g/mol. The number of aliphatic hydroxyl groups excluding tert-OH is 10. The molecule has 0 unspecified atom stereocenters. The number of aromatic nitrogens is 4. The van der Waals surface area contributed by atoms with Gasteiger partial charge in [0.15, 0.2) is 0 Å². The lowest BCUT2D eigenvalue weighted by molar-refractivity contribution is -0.145. The molecule has 0 bridgehead atoms. The highest BCUT2D eigenvalue weighted by molar-refractivity contribution is 5.87. The number of rotatable bonds is 32. The van der Waals surface area contributed by atoms with Gasteiger partial charge in [-0.2, -0.15) is 36.9 Å². The molecule has 8 rings (SSSR count). The van der Waals surface area contributed by atoms with Gasteiger partial charge in [0.2, 0.25) is 23.5 Å². The molecule has 15 N–H and O–H groups in total. The van der Waals surface area contributed by atoms with Crippen molar-refractivity contribution in [2.24, 2.45) is 17.6 Å². The fourth-order valence-electron chi connectivity index (χ4n) is 11.9. The van der Waals surface area contributed by atoms with Crippen LogP contribution in [0.15, 0.2) is 60.7 Å². The first-order valence-corrected chi connectivity index (χ1v) is 33.8. The number of Topliss-reactive ketones (excluding diaryl/α,β-unsaturated/α-hetero) is 1. The van der Waals surface area contributed by atoms with Crippen LogP contribution >= 0.6 is 0 Å². The first-order valence-electron chi connectivity index (χ1n) is 34.5. The summed E-state index contributed by atoms with van der Waals surface area (Å²) in [7, 11) is -1.00. The van der Waals surface area contributed by atoms with Crippen molar-refractivity contribution in [3.05, 3.63) is 94.6 Å². The number of nitriles is 2. The third-order valence-electron chi connectivity index (χ3n) is 18.3. The molecule has 35 heteroatoms. The van der Waals surface area contributed by atoms with E-state index in [1.54, 1.807) is 56.0 Å². The molecular weight excluding hydrogens is 1370 g/mol. The number of piperidine rings is 2. The van der Waals surface area contributed by atoms with Crippen LogP contribution in [-0.2, 0) is 44.4 Å². The number of aliphatic hydroxyl groups is 10. The molecule has 10 atom stereocenters. The van der Waals surface area contributed by atoms with Gasteiger partial charge in [-0.25, -0.2) is 19.9 Å². The van der Waals surface area contributed by atoms with Crippen LogP contribution in [-0.4, -0.2) is 240 Å². The minimum Gasteiger partial charge on any atom is -0.481 e. The molecule has 4 aromatic rings. The first-order chi connectivity index (χ1) is 49.4. The van der Waals surface area contributed by atoms with Crippen molar-refractivity contribution in [2.75, 3.05) is 98.9 Å². The Morgan fingerprint density at radius 3 is 1.25 bits per heavy atom. The molecular formula is C68H94F7N13O15. The number of alkyl halides is 7. The van der Waals surface area contributed by atoms with E-state index >= 15 is 0 Å². The van der Waals surface area contributed by atoms with Crippen LogP contribution in [0.2, 0.25) is 0 Å². The van der Waals surface area contributed by atoms with E-state index < -0.39 is 111 Å². The number of nitrogens with one attached hydrogen (secondary N) is 2. The molecule has 0 spiro atoms. The van der Waals surface area contributed by atoms with Gasteiger partial charge in [-0.3, -0.25) is 23.6 Å². The second-order valence-corrected chi connectivity index (χ2v) is 25.5. The average Bonchev–Trinajstić information content (AvgIpc) is 0.781. The molecule has 4 saturated heterocycles. The van der Waals surface area contributed by atoms with Crippen molar-refractivity contribution < 1.29 is 107 Å². The highest BCUT2D eigenvalue weighted by Crippen LogP contribution is 2.37. The number of halogens is 7. The number of carbonyl (C=O) groups is 4. The summed E-state index contributed by atoms with van der Waals surface area (Å²) in [6.45, 7) is 1.72. The van der Waals surface area contributed by atoms with Gasteiger partial charge < -0.3 is 92.1 Å². The summed E-state index contributed by atoms with van der Waals surface area (Å²) in [4.78, 5) is 70.8. The molecule has 0 radical (unpaired) electrons. The van der Waals surface area contributed by atoms with Gasteiger partial charge in [0.1, 0.15) is 77.8 Å². The molecule has 4 fully saturated rings. The second-order valence-electron chi connectivity index (χ2n) is 25.5. The summed E-state index contributed by atoms with van der Waals surface area (Å²) < 4.78 is 98.2. The van der Waals surface area contributed by atoms with Crippen molar-refractivity contribution in [3.8, 4) is 12.1 Å². The summed E-state index contributed by atoms with van der Waals surface area (Å²) in [5, 5.41) is 124. The smallest absolute Gasteiger partial charge is 0.451 e. The lowest BCUT2D eigenvalue weighted by Crippen LogP contribution is -2.57. The Bertz CT molecular complexity index is 3380. The third-order valence-corrected chi connectivity index (χ3v) is 18.3. The van der Waals surface area contributed by atoms with Crippen LogP contribution in [0.3, 0.4) is 0 Å². The van der Waals surface area contributed by atoms with Crippen molar-refractivity contribution >= 4 is 46.8 Å². The number of nitrogens with two attached hydrogens (primary N) is 1. The Hall–Kier alpha value is -8.07. The molecule has 0 aliphatic carbocycles. The molecule has 4 aliphatic rings. The zero-order chi connectivity index (χ0) is 76.8. The van der Waals surface area contributed by atoms with Crippen LogP contribution in [0.25, 0.3) is 0 Å². The van der Waals surface area contributed by atoms with Gasteiger partial charge in [0.05, 0.1) is 57.2 Å². The second kappa shape index (κ2) is 42.0. The van der Waals surface area contributed by atoms with E-state index in [-0.39, 0.29) is 79.0 Å². The summed E-state index contributed by atoms with van der Waals surface area (Å²) in [6, 6.07) is 19.9. The molecule has 6 heterocycles. The number of hydrogen-bond acceptors (Lipinski definition) is 25. The van der Waals surface area contributed by atoms with Crippen molar-refractivity contribution in [1.82, 2.24) is 30.6 Å². The zero-order valence-electron chi connectivity index (χ0n) is 57.7. The molecule has 2 aromatic heterocycles. The highest BCUT2D eigenvalue weighted by Gasteiger charge is 2.43. The molecule has 4 aliphatic heterocycles. The third kappa shape index (κ3) is 26.5. The maximum atomic E-state index is 13.9. The predicted octanol–water partition coefficient (Wildman–Crippen LogP) is 2.22. The number of benzene rings is 2. The highest BCUT2D eigenvalue weighted by atomic mass is 19.4.